The van der Waals surface area contributed by atoms with Crippen molar-refractivity contribution >= 4 is 5.97 Å². The number of rotatable bonds is 7. The van der Waals surface area contributed by atoms with Gasteiger partial charge in [0.05, 0.1) is 6.61 Å². The molecule has 0 amide bonds. The van der Waals surface area contributed by atoms with Crippen LogP contribution in [0.1, 0.15) is 18.1 Å². The summed E-state index contributed by atoms with van der Waals surface area (Å²) in [6, 6.07) is 4.37. The summed E-state index contributed by atoms with van der Waals surface area (Å²) in [5.74, 6) is -1.71. The molecule has 0 bridgehead atoms. The highest BCUT2D eigenvalue weighted by Gasteiger charge is 2.31. The van der Waals surface area contributed by atoms with Gasteiger partial charge in [0, 0.05) is 6.61 Å². The smallest absolute Gasteiger partial charge is 0.479 e. The Morgan fingerprint density at radius 3 is 2.30 bits per heavy atom. The summed E-state index contributed by atoms with van der Waals surface area (Å²) in [7, 11) is 0. The average molecular weight is 294 g/mol. The minimum Gasteiger partial charge on any atom is -0.479 e. The Kier molecular flexibility index (Phi) is 5.78. The van der Waals surface area contributed by atoms with E-state index in [-0.39, 0.29) is 25.2 Å². The second-order valence-electron chi connectivity index (χ2n) is 3.78. The first kappa shape index (κ1) is 16.3. The number of aliphatic carboxylic acids is 1. The highest BCUT2D eigenvalue weighted by Crippen LogP contribution is 2.25. The molecule has 1 atom stereocenters. The van der Waals surface area contributed by atoms with Gasteiger partial charge in [0.2, 0.25) is 0 Å². The van der Waals surface area contributed by atoms with E-state index in [1.807, 2.05) is 0 Å². The summed E-state index contributed by atoms with van der Waals surface area (Å²) in [6.07, 6.45) is -5.84. The topological polar surface area (TPSA) is 76.0 Å². The molecule has 1 aromatic carbocycles. The highest BCUT2D eigenvalue weighted by molar-refractivity contribution is 5.74. The van der Waals surface area contributed by atoms with Crippen LogP contribution in [0.15, 0.2) is 24.3 Å². The fraction of sp³-hybridized carbons (Fsp3) is 0.417. The van der Waals surface area contributed by atoms with E-state index in [0.29, 0.717) is 0 Å². The first-order chi connectivity index (χ1) is 9.33. The van der Waals surface area contributed by atoms with Crippen molar-refractivity contribution in [2.45, 2.75) is 18.9 Å². The summed E-state index contributed by atoms with van der Waals surface area (Å²) in [5, 5.41) is 17.6. The van der Waals surface area contributed by atoms with Gasteiger partial charge in [-0.05, 0) is 24.1 Å². The number of carboxylic acids is 1. The summed E-state index contributed by atoms with van der Waals surface area (Å²) >= 11 is 0. The first-order valence-electron chi connectivity index (χ1n) is 5.64. The van der Waals surface area contributed by atoms with E-state index < -0.39 is 24.2 Å². The summed E-state index contributed by atoms with van der Waals surface area (Å²) in [4.78, 5) is 11.0. The number of carbonyl (C=O) groups is 1. The monoisotopic (exact) mass is 294 g/mol. The van der Waals surface area contributed by atoms with Gasteiger partial charge in [0.1, 0.15) is 5.75 Å². The third-order valence-corrected chi connectivity index (χ3v) is 2.23. The van der Waals surface area contributed by atoms with E-state index in [4.69, 9.17) is 14.9 Å². The van der Waals surface area contributed by atoms with E-state index >= 15 is 0 Å². The number of aliphatic hydroxyl groups is 1. The molecule has 0 heterocycles. The molecular weight excluding hydrogens is 281 g/mol. The molecular formula is C12H13F3O5. The molecule has 5 nitrogen and oxygen atoms in total. The number of benzene rings is 1. The Hall–Kier alpha value is -1.80. The zero-order valence-electron chi connectivity index (χ0n) is 10.3. The minimum atomic E-state index is -4.80. The molecule has 112 valence electrons. The lowest BCUT2D eigenvalue weighted by Gasteiger charge is -2.14. The van der Waals surface area contributed by atoms with Crippen molar-refractivity contribution in [1.29, 1.82) is 0 Å². The fourth-order valence-corrected chi connectivity index (χ4v) is 1.42. The molecule has 0 aliphatic heterocycles. The van der Waals surface area contributed by atoms with Crippen LogP contribution in [0.4, 0.5) is 13.2 Å². The van der Waals surface area contributed by atoms with Gasteiger partial charge in [-0.3, -0.25) is 0 Å². The molecule has 0 fully saturated rings. The Morgan fingerprint density at radius 1 is 1.25 bits per heavy atom. The molecule has 20 heavy (non-hydrogen) atoms. The molecule has 2 N–H and O–H groups in total. The number of aliphatic hydroxyl groups excluding tert-OH is 1. The maximum Gasteiger partial charge on any atom is 0.573 e. The number of alkyl halides is 3. The van der Waals surface area contributed by atoms with Crippen molar-refractivity contribution in [3.63, 3.8) is 0 Å². The number of hydrogen-bond donors (Lipinski definition) is 2. The molecule has 1 aromatic rings. The van der Waals surface area contributed by atoms with E-state index in [1.54, 1.807) is 0 Å². The third kappa shape index (κ3) is 5.45. The maximum absolute atomic E-state index is 12.0. The van der Waals surface area contributed by atoms with Gasteiger partial charge >= 0.3 is 12.3 Å². The maximum atomic E-state index is 12.0. The standard InChI is InChI=1S/C12H13F3O5/c13-12(14,15)20-9-4-2-8(3-5-9)10(11(17)18)19-7-1-6-16/h2-5,10,16H,1,6-7H2,(H,17,18). The molecule has 0 aliphatic rings. The van der Waals surface area contributed by atoms with Crippen LogP contribution in [-0.2, 0) is 9.53 Å². The molecule has 0 aromatic heterocycles. The van der Waals surface area contributed by atoms with Gasteiger partial charge in [-0.2, -0.15) is 0 Å². The van der Waals surface area contributed by atoms with Gasteiger partial charge < -0.3 is 19.7 Å². The fourth-order valence-electron chi connectivity index (χ4n) is 1.42. The van der Waals surface area contributed by atoms with Crippen LogP contribution >= 0.6 is 0 Å². The highest BCUT2D eigenvalue weighted by atomic mass is 19.4. The van der Waals surface area contributed by atoms with Crippen LogP contribution in [0, 0.1) is 0 Å². The molecule has 0 saturated carbocycles. The van der Waals surface area contributed by atoms with Crippen LogP contribution in [0.3, 0.4) is 0 Å². The van der Waals surface area contributed by atoms with Crippen molar-refractivity contribution < 1.29 is 37.7 Å². The zero-order valence-corrected chi connectivity index (χ0v) is 10.3. The Labute approximate surface area is 112 Å². The Balaban J connectivity index is 2.75. The third-order valence-electron chi connectivity index (χ3n) is 2.23. The summed E-state index contributed by atoms with van der Waals surface area (Å²) in [5.41, 5.74) is 0.185. The van der Waals surface area contributed by atoms with Crippen LogP contribution in [-0.4, -0.2) is 35.8 Å². The number of ether oxygens (including phenoxy) is 2. The lowest BCUT2D eigenvalue weighted by molar-refractivity contribution is -0.274. The predicted molar refractivity (Wildman–Crippen MR) is 61.2 cm³/mol. The van der Waals surface area contributed by atoms with Crippen LogP contribution < -0.4 is 4.74 Å². The van der Waals surface area contributed by atoms with Crippen LogP contribution in [0.25, 0.3) is 0 Å². The lowest BCUT2D eigenvalue weighted by Crippen LogP contribution is -2.18. The van der Waals surface area contributed by atoms with Gasteiger partial charge in [-0.25, -0.2) is 4.79 Å². The molecule has 0 radical (unpaired) electrons. The van der Waals surface area contributed by atoms with E-state index in [0.717, 1.165) is 12.1 Å². The normalized spacial score (nSPS) is 13.0. The average Bonchev–Trinajstić information content (AvgIpc) is 2.34. The van der Waals surface area contributed by atoms with Crippen molar-refractivity contribution in [1.82, 2.24) is 0 Å². The van der Waals surface area contributed by atoms with Crippen LogP contribution in [0.2, 0.25) is 0 Å². The largest absolute Gasteiger partial charge is 0.573 e. The molecule has 0 saturated heterocycles. The van der Waals surface area contributed by atoms with Gasteiger partial charge in [-0.15, -0.1) is 13.2 Å². The molecule has 8 heteroatoms. The number of hydrogen-bond acceptors (Lipinski definition) is 4. The minimum absolute atomic E-state index is 0.0221. The number of halogens is 3. The van der Waals surface area contributed by atoms with Crippen molar-refractivity contribution in [3.05, 3.63) is 29.8 Å². The van der Waals surface area contributed by atoms with E-state index in [1.165, 1.54) is 12.1 Å². The zero-order chi connectivity index (χ0) is 15.2. The van der Waals surface area contributed by atoms with Crippen LogP contribution in [0.5, 0.6) is 5.75 Å². The Bertz CT molecular complexity index is 430. The summed E-state index contributed by atoms with van der Waals surface area (Å²) < 4.78 is 44.6. The van der Waals surface area contributed by atoms with Crippen molar-refractivity contribution in [2.24, 2.45) is 0 Å². The van der Waals surface area contributed by atoms with Gasteiger partial charge in [0.15, 0.2) is 6.10 Å². The molecule has 0 aliphatic carbocycles. The SMILES string of the molecule is O=C(O)C(OCCCO)c1ccc(OC(F)(F)F)cc1. The second-order valence-corrected chi connectivity index (χ2v) is 3.78. The quantitative estimate of drug-likeness (QED) is 0.753. The molecule has 0 spiro atoms. The summed E-state index contributed by atoms with van der Waals surface area (Å²) in [6.45, 7) is -0.126. The van der Waals surface area contributed by atoms with Gasteiger partial charge in [0.25, 0.3) is 0 Å². The molecule has 1 unspecified atom stereocenters. The van der Waals surface area contributed by atoms with Crippen molar-refractivity contribution in [2.75, 3.05) is 13.2 Å². The molecule has 1 rings (SSSR count). The van der Waals surface area contributed by atoms with Crippen molar-refractivity contribution in [3.8, 4) is 5.75 Å². The lowest BCUT2D eigenvalue weighted by atomic mass is 10.1. The first-order valence-corrected chi connectivity index (χ1v) is 5.64. The van der Waals surface area contributed by atoms with E-state index in [2.05, 4.69) is 4.74 Å². The second kappa shape index (κ2) is 7.11. The number of carboxylic acid groups (broad SMARTS) is 1. The van der Waals surface area contributed by atoms with Gasteiger partial charge in [-0.1, -0.05) is 12.1 Å². The predicted octanol–water partition coefficient (Wildman–Crippen LogP) is 2.11. The van der Waals surface area contributed by atoms with E-state index in [9.17, 15) is 18.0 Å². The Morgan fingerprint density at radius 2 is 1.85 bits per heavy atom.